The molecule has 1 aromatic heterocycles. The summed E-state index contributed by atoms with van der Waals surface area (Å²) in [5.41, 5.74) is -0.444. The van der Waals surface area contributed by atoms with Crippen LogP contribution in [-0.4, -0.2) is 32.7 Å². The molecule has 1 amide bonds. The zero-order valence-corrected chi connectivity index (χ0v) is 11.7. The highest BCUT2D eigenvalue weighted by molar-refractivity contribution is 7.08. The lowest BCUT2D eigenvalue weighted by Gasteiger charge is -2.19. The van der Waals surface area contributed by atoms with Gasteiger partial charge in [0.1, 0.15) is 4.88 Å². The second-order valence-corrected chi connectivity index (χ2v) is 6.45. The maximum atomic E-state index is 11.9. The molecule has 0 aliphatic heterocycles. The number of hydrogen-bond donors (Lipinski definition) is 2. The number of carbonyl (C=O) groups is 1. The molecule has 0 saturated heterocycles. The second-order valence-electron chi connectivity index (χ2n) is 5.70. The largest absolute Gasteiger partial charge is 0.389 e. The van der Waals surface area contributed by atoms with E-state index in [1.54, 1.807) is 13.8 Å². The van der Waals surface area contributed by atoms with Crippen molar-refractivity contribution in [3.63, 3.8) is 0 Å². The zero-order chi connectivity index (χ0) is 13.3. The molecule has 0 saturated carbocycles. The van der Waals surface area contributed by atoms with E-state index in [0.29, 0.717) is 10.6 Å². The molecule has 2 N–H and O–H groups in total. The van der Waals surface area contributed by atoms with Gasteiger partial charge in [-0.15, -0.1) is 5.10 Å². The van der Waals surface area contributed by atoms with Gasteiger partial charge in [-0.3, -0.25) is 4.79 Å². The Balaban J connectivity index is 2.81. The molecule has 1 heterocycles. The van der Waals surface area contributed by atoms with Crippen molar-refractivity contribution in [3.05, 3.63) is 10.6 Å². The minimum Gasteiger partial charge on any atom is -0.389 e. The van der Waals surface area contributed by atoms with Gasteiger partial charge in [0.05, 0.1) is 11.3 Å². The molecule has 0 atom stereocenters. The lowest BCUT2D eigenvalue weighted by molar-refractivity contribution is 0.0695. The Bertz CT molecular complexity index is 402. The van der Waals surface area contributed by atoms with E-state index in [1.165, 1.54) is 0 Å². The Morgan fingerprint density at radius 2 is 1.94 bits per heavy atom. The van der Waals surface area contributed by atoms with E-state index in [0.717, 1.165) is 11.5 Å². The van der Waals surface area contributed by atoms with Crippen molar-refractivity contribution in [2.24, 2.45) is 0 Å². The number of nitrogens with one attached hydrogen (secondary N) is 1. The summed E-state index contributed by atoms with van der Waals surface area (Å²) in [7, 11) is 0. The molecular weight excluding hydrogens is 238 g/mol. The first-order valence-electron chi connectivity index (χ1n) is 5.45. The summed E-state index contributed by atoms with van der Waals surface area (Å²) in [6.07, 6.45) is 0. The maximum Gasteiger partial charge on any atom is 0.265 e. The maximum absolute atomic E-state index is 11.9. The number of rotatable bonds is 3. The third-order valence-electron chi connectivity index (χ3n) is 2.09. The average Bonchev–Trinajstić information content (AvgIpc) is 2.60. The molecular formula is C11H19N3O2S. The fourth-order valence-corrected chi connectivity index (χ4v) is 2.00. The number of carbonyl (C=O) groups excluding carboxylic acids is 1. The fourth-order valence-electron chi connectivity index (χ4n) is 1.21. The van der Waals surface area contributed by atoms with Gasteiger partial charge in [0, 0.05) is 12.0 Å². The van der Waals surface area contributed by atoms with Crippen LogP contribution in [0.5, 0.6) is 0 Å². The SMILES string of the molecule is CC(C)(O)CNC(=O)c1snnc1C(C)(C)C. The molecule has 0 fully saturated rings. The van der Waals surface area contributed by atoms with Gasteiger partial charge in [-0.05, 0) is 25.4 Å². The lowest BCUT2D eigenvalue weighted by Crippen LogP contribution is -2.38. The molecule has 0 bridgehead atoms. The van der Waals surface area contributed by atoms with Crippen molar-refractivity contribution in [2.75, 3.05) is 6.54 Å². The molecule has 0 unspecified atom stereocenters. The zero-order valence-electron chi connectivity index (χ0n) is 10.9. The van der Waals surface area contributed by atoms with Crippen molar-refractivity contribution >= 4 is 17.4 Å². The van der Waals surface area contributed by atoms with Crippen LogP contribution in [0.1, 0.15) is 50.0 Å². The van der Waals surface area contributed by atoms with Crippen LogP contribution in [0.4, 0.5) is 0 Å². The van der Waals surface area contributed by atoms with Gasteiger partial charge in [-0.2, -0.15) is 0 Å². The molecule has 1 aromatic rings. The first-order valence-corrected chi connectivity index (χ1v) is 6.22. The highest BCUT2D eigenvalue weighted by atomic mass is 32.1. The topological polar surface area (TPSA) is 75.1 Å². The Morgan fingerprint density at radius 3 is 2.41 bits per heavy atom. The van der Waals surface area contributed by atoms with Crippen LogP contribution in [0.2, 0.25) is 0 Å². The average molecular weight is 257 g/mol. The molecule has 0 aromatic carbocycles. The quantitative estimate of drug-likeness (QED) is 0.856. The van der Waals surface area contributed by atoms with Crippen LogP contribution < -0.4 is 5.32 Å². The first kappa shape index (κ1) is 14.1. The van der Waals surface area contributed by atoms with Crippen LogP contribution >= 0.6 is 11.5 Å². The number of nitrogens with zero attached hydrogens (tertiary/aromatic N) is 2. The highest BCUT2D eigenvalue weighted by Gasteiger charge is 2.26. The van der Waals surface area contributed by atoms with Crippen LogP contribution in [0.3, 0.4) is 0 Å². The predicted molar refractivity (Wildman–Crippen MR) is 67.2 cm³/mol. The lowest BCUT2D eigenvalue weighted by atomic mass is 9.91. The summed E-state index contributed by atoms with van der Waals surface area (Å²) in [5.74, 6) is -0.230. The van der Waals surface area contributed by atoms with E-state index in [2.05, 4.69) is 14.9 Å². The smallest absolute Gasteiger partial charge is 0.265 e. The van der Waals surface area contributed by atoms with E-state index in [4.69, 9.17) is 0 Å². The van der Waals surface area contributed by atoms with Crippen molar-refractivity contribution in [3.8, 4) is 0 Å². The molecule has 17 heavy (non-hydrogen) atoms. The molecule has 0 radical (unpaired) electrons. The summed E-state index contributed by atoms with van der Waals surface area (Å²) in [6, 6.07) is 0. The normalized spacial score (nSPS) is 12.6. The molecule has 1 rings (SSSR count). The summed E-state index contributed by atoms with van der Waals surface area (Å²) >= 11 is 1.08. The van der Waals surface area contributed by atoms with Crippen LogP contribution in [-0.2, 0) is 5.41 Å². The third kappa shape index (κ3) is 4.05. The Morgan fingerprint density at radius 1 is 1.35 bits per heavy atom. The van der Waals surface area contributed by atoms with Crippen molar-refractivity contribution in [1.29, 1.82) is 0 Å². The minimum absolute atomic E-state index is 0.202. The predicted octanol–water partition coefficient (Wildman–Crippen LogP) is 1.34. The Hall–Kier alpha value is -1.01. The van der Waals surface area contributed by atoms with Gasteiger partial charge < -0.3 is 10.4 Å². The van der Waals surface area contributed by atoms with Crippen LogP contribution in [0.25, 0.3) is 0 Å². The minimum atomic E-state index is -0.921. The molecule has 96 valence electrons. The van der Waals surface area contributed by atoms with E-state index in [9.17, 15) is 9.90 Å². The van der Waals surface area contributed by atoms with Gasteiger partial charge in [-0.1, -0.05) is 25.3 Å². The highest BCUT2D eigenvalue weighted by Crippen LogP contribution is 2.25. The van der Waals surface area contributed by atoms with E-state index < -0.39 is 5.60 Å². The van der Waals surface area contributed by atoms with E-state index >= 15 is 0 Å². The number of aromatic nitrogens is 2. The van der Waals surface area contributed by atoms with Crippen molar-refractivity contribution < 1.29 is 9.90 Å². The Labute approximate surface area is 105 Å². The third-order valence-corrected chi connectivity index (χ3v) is 2.81. The van der Waals surface area contributed by atoms with Gasteiger partial charge in [-0.25, -0.2) is 0 Å². The second kappa shape index (κ2) is 4.70. The van der Waals surface area contributed by atoms with Gasteiger partial charge in [0.25, 0.3) is 5.91 Å². The molecule has 0 aliphatic rings. The van der Waals surface area contributed by atoms with Gasteiger partial charge in [0.15, 0.2) is 0 Å². The number of amides is 1. The number of aliphatic hydroxyl groups is 1. The first-order chi connectivity index (χ1) is 7.61. The Kier molecular flexibility index (Phi) is 3.88. The van der Waals surface area contributed by atoms with Crippen molar-refractivity contribution in [2.45, 2.75) is 45.6 Å². The summed E-state index contributed by atoms with van der Waals surface area (Å²) in [6.45, 7) is 9.43. The van der Waals surface area contributed by atoms with Crippen molar-refractivity contribution in [1.82, 2.24) is 14.9 Å². The van der Waals surface area contributed by atoms with Gasteiger partial charge in [0.2, 0.25) is 0 Å². The summed E-state index contributed by atoms with van der Waals surface area (Å²) < 4.78 is 3.82. The monoisotopic (exact) mass is 257 g/mol. The molecule has 0 aliphatic carbocycles. The van der Waals surface area contributed by atoms with E-state index in [1.807, 2.05) is 20.8 Å². The molecule has 6 heteroatoms. The van der Waals surface area contributed by atoms with Crippen LogP contribution in [0.15, 0.2) is 0 Å². The molecule has 5 nitrogen and oxygen atoms in total. The summed E-state index contributed by atoms with van der Waals surface area (Å²) in [4.78, 5) is 12.4. The fraction of sp³-hybridized carbons (Fsp3) is 0.727. The van der Waals surface area contributed by atoms with Gasteiger partial charge >= 0.3 is 0 Å². The van der Waals surface area contributed by atoms with E-state index in [-0.39, 0.29) is 17.9 Å². The summed E-state index contributed by atoms with van der Waals surface area (Å²) in [5, 5.41) is 16.2. The number of hydrogen-bond acceptors (Lipinski definition) is 5. The standard InChI is InChI=1S/C11H19N3O2S/c1-10(2,3)8-7(17-14-13-8)9(15)12-6-11(4,5)16/h16H,6H2,1-5H3,(H,12,15). The van der Waals surface area contributed by atoms with Crippen LogP contribution in [0, 0.1) is 0 Å². The molecule has 0 spiro atoms.